The van der Waals surface area contributed by atoms with Crippen LogP contribution in [0.15, 0.2) is 10.5 Å². The molecule has 0 heterocycles. The summed E-state index contributed by atoms with van der Waals surface area (Å²) >= 11 is 2.76. The van der Waals surface area contributed by atoms with Gasteiger partial charge in [0.1, 0.15) is 17.4 Å². The number of hydrogen-bond acceptors (Lipinski definition) is 2. The second-order valence-corrected chi connectivity index (χ2v) is 3.85. The van der Waals surface area contributed by atoms with E-state index in [-0.39, 0.29) is 22.5 Å². The molecule has 0 saturated heterocycles. The van der Waals surface area contributed by atoms with Crippen molar-refractivity contribution >= 4 is 15.9 Å². The smallest absolute Gasteiger partial charge is 0.147 e. The number of nitrogens with two attached hydrogens (primary N) is 1. The van der Waals surface area contributed by atoms with Crippen LogP contribution in [0.2, 0.25) is 0 Å². The van der Waals surface area contributed by atoms with Crippen LogP contribution in [0, 0.1) is 11.6 Å². The normalized spacial score (nSPS) is 12.9. The highest BCUT2D eigenvalue weighted by Gasteiger charge is 2.20. The van der Waals surface area contributed by atoms with E-state index in [4.69, 9.17) is 5.73 Å². The van der Waals surface area contributed by atoms with Gasteiger partial charge in [-0.15, -0.1) is 0 Å². The Morgan fingerprint density at radius 3 is 2.64 bits per heavy atom. The summed E-state index contributed by atoms with van der Waals surface area (Å²) in [5.41, 5.74) is 5.39. The zero-order valence-corrected chi connectivity index (χ0v) is 9.11. The zero-order chi connectivity index (χ0) is 10.9. The highest BCUT2D eigenvalue weighted by Crippen LogP contribution is 2.34. The van der Waals surface area contributed by atoms with Gasteiger partial charge in [0, 0.05) is 11.6 Å². The van der Waals surface area contributed by atoms with Crippen molar-refractivity contribution in [2.45, 2.75) is 12.8 Å². The Balaban J connectivity index is 3.36. The number of benzene rings is 1. The molecule has 0 radical (unpaired) electrons. The molecule has 0 saturated carbocycles. The second kappa shape index (κ2) is 4.23. The van der Waals surface area contributed by atoms with E-state index < -0.39 is 17.4 Å². The first kappa shape index (κ1) is 11.4. The monoisotopic (exact) mass is 265 g/mol. The van der Waals surface area contributed by atoms with Gasteiger partial charge in [-0.05, 0) is 28.4 Å². The molecule has 0 bridgehead atoms. The quantitative estimate of drug-likeness (QED) is 0.808. The Kier molecular flexibility index (Phi) is 3.44. The third-order valence-electron chi connectivity index (χ3n) is 2.02. The fraction of sp³-hybridized carbons (Fsp3) is 0.333. The first-order valence-electron chi connectivity index (χ1n) is 4.05. The molecule has 14 heavy (non-hydrogen) atoms. The molecule has 0 amide bonds. The van der Waals surface area contributed by atoms with E-state index in [1.807, 2.05) is 0 Å². The Hall–Kier alpha value is -0.680. The molecule has 0 spiro atoms. The van der Waals surface area contributed by atoms with Crippen LogP contribution in [0.1, 0.15) is 18.4 Å². The van der Waals surface area contributed by atoms with Crippen molar-refractivity contribution in [3.63, 3.8) is 0 Å². The van der Waals surface area contributed by atoms with E-state index in [9.17, 15) is 13.9 Å². The van der Waals surface area contributed by atoms with E-state index >= 15 is 0 Å². The van der Waals surface area contributed by atoms with Gasteiger partial charge in [-0.2, -0.15) is 0 Å². The predicted molar refractivity (Wildman–Crippen MR) is 53.2 cm³/mol. The summed E-state index contributed by atoms with van der Waals surface area (Å²) in [5, 5.41) is 9.34. The van der Waals surface area contributed by atoms with Gasteiger partial charge < -0.3 is 10.8 Å². The highest BCUT2D eigenvalue weighted by atomic mass is 79.9. The Labute approximate surface area is 88.9 Å². The van der Waals surface area contributed by atoms with Crippen LogP contribution in [0.5, 0.6) is 5.75 Å². The summed E-state index contributed by atoms with van der Waals surface area (Å²) < 4.78 is 26.1. The molecule has 78 valence electrons. The summed E-state index contributed by atoms with van der Waals surface area (Å²) in [5.74, 6) is -2.37. The lowest BCUT2D eigenvalue weighted by Crippen LogP contribution is -2.11. The molecule has 1 rings (SSSR count). The molecule has 0 fully saturated rings. The number of phenolic OH excluding ortho intramolecular Hbond substituents is 1. The molecular formula is C9H10BrF2NO. The zero-order valence-electron chi connectivity index (χ0n) is 7.52. The maximum absolute atomic E-state index is 13.5. The third-order valence-corrected chi connectivity index (χ3v) is 2.75. The highest BCUT2D eigenvalue weighted by molar-refractivity contribution is 9.10. The number of hydrogen-bond donors (Lipinski definition) is 2. The Morgan fingerprint density at radius 1 is 1.57 bits per heavy atom. The molecule has 0 aromatic heterocycles. The molecule has 1 unspecified atom stereocenters. The summed E-state index contributed by atoms with van der Waals surface area (Å²) in [6.07, 6.45) is 0. The minimum atomic E-state index is -0.826. The largest absolute Gasteiger partial charge is 0.507 e. The van der Waals surface area contributed by atoms with Crippen LogP contribution < -0.4 is 5.73 Å². The average Bonchev–Trinajstić information content (AvgIpc) is 2.14. The van der Waals surface area contributed by atoms with Crippen molar-refractivity contribution in [2.24, 2.45) is 5.73 Å². The van der Waals surface area contributed by atoms with E-state index in [2.05, 4.69) is 15.9 Å². The standard InChI is InChI=1S/C9H10BrF2NO/c1-4(3-13)7-6(14)2-5(11)8(10)9(7)12/h2,4,14H,3,13H2,1H3. The molecule has 5 heteroatoms. The van der Waals surface area contributed by atoms with Crippen molar-refractivity contribution < 1.29 is 13.9 Å². The lowest BCUT2D eigenvalue weighted by atomic mass is 9.99. The number of phenols is 1. The number of aromatic hydroxyl groups is 1. The summed E-state index contributed by atoms with van der Waals surface area (Å²) in [4.78, 5) is 0. The van der Waals surface area contributed by atoms with E-state index in [0.717, 1.165) is 6.07 Å². The van der Waals surface area contributed by atoms with Crippen LogP contribution in [0.25, 0.3) is 0 Å². The SMILES string of the molecule is CC(CN)c1c(O)cc(F)c(Br)c1F. The summed E-state index contributed by atoms with van der Waals surface area (Å²) in [6.45, 7) is 1.84. The van der Waals surface area contributed by atoms with Crippen LogP contribution in [0.4, 0.5) is 8.78 Å². The maximum atomic E-state index is 13.5. The van der Waals surface area contributed by atoms with Gasteiger partial charge in [-0.1, -0.05) is 6.92 Å². The molecule has 0 aliphatic carbocycles. The average molecular weight is 266 g/mol. The molecule has 1 aromatic rings. The first-order chi connectivity index (χ1) is 6.49. The van der Waals surface area contributed by atoms with E-state index in [1.165, 1.54) is 0 Å². The predicted octanol–water partition coefficient (Wildman–Crippen LogP) is 2.50. The van der Waals surface area contributed by atoms with E-state index in [1.54, 1.807) is 6.92 Å². The fourth-order valence-corrected chi connectivity index (χ4v) is 1.51. The minimum Gasteiger partial charge on any atom is -0.507 e. The van der Waals surface area contributed by atoms with Crippen LogP contribution in [-0.2, 0) is 0 Å². The molecular weight excluding hydrogens is 256 g/mol. The summed E-state index contributed by atoms with van der Waals surface area (Å²) in [7, 11) is 0. The summed E-state index contributed by atoms with van der Waals surface area (Å²) in [6, 6.07) is 0.870. The van der Waals surface area contributed by atoms with Crippen LogP contribution in [-0.4, -0.2) is 11.7 Å². The number of halogens is 3. The van der Waals surface area contributed by atoms with Crippen LogP contribution >= 0.6 is 15.9 Å². The van der Waals surface area contributed by atoms with Crippen molar-refractivity contribution in [1.82, 2.24) is 0 Å². The fourth-order valence-electron chi connectivity index (χ4n) is 1.18. The van der Waals surface area contributed by atoms with Gasteiger partial charge >= 0.3 is 0 Å². The number of rotatable bonds is 2. The third kappa shape index (κ3) is 1.88. The van der Waals surface area contributed by atoms with Gasteiger partial charge in [0.25, 0.3) is 0 Å². The van der Waals surface area contributed by atoms with Gasteiger partial charge in [0.2, 0.25) is 0 Å². The lowest BCUT2D eigenvalue weighted by molar-refractivity contribution is 0.441. The molecule has 0 aliphatic heterocycles. The van der Waals surface area contributed by atoms with Gasteiger partial charge in [-0.25, -0.2) is 8.78 Å². The Morgan fingerprint density at radius 2 is 2.14 bits per heavy atom. The van der Waals surface area contributed by atoms with Crippen molar-refractivity contribution in [2.75, 3.05) is 6.54 Å². The van der Waals surface area contributed by atoms with Gasteiger partial charge in [-0.3, -0.25) is 0 Å². The van der Waals surface area contributed by atoms with Crippen LogP contribution in [0.3, 0.4) is 0 Å². The first-order valence-corrected chi connectivity index (χ1v) is 4.84. The molecule has 0 aliphatic rings. The van der Waals surface area contributed by atoms with Gasteiger partial charge in [0.05, 0.1) is 4.47 Å². The van der Waals surface area contributed by atoms with Crippen molar-refractivity contribution in [3.8, 4) is 5.75 Å². The molecule has 1 aromatic carbocycles. The van der Waals surface area contributed by atoms with Crippen molar-refractivity contribution in [3.05, 3.63) is 27.7 Å². The molecule has 2 nitrogen and oxygen atoms in total. The minimum absolute atomic E-state index is 0.0424. The Bertz CT molecular complexity index is 357. The second-order valence-electron chi connectivity index (χ2n) is 3.06. The maximum Gasteiger partial charge on any atom is 0.147 e. The molecule has 3 N–H and O–H groups in total. The molecule has 1 atom stereocenters. The van der Waals surface area contributed by atoms with Crippen molar-refractivity contribution in [1.29, 1.82) is 0 Å². The van der Waals surface area contributed by atoms with Gasteiger partial charge in [0.15, 0.2) is 0 Å². The topological polar surface area (TPSA) is 46.2 Å². The lowest BCUT2D eigenvalue weighted by Gasteiger charge is -2.13. The van der Waals surface area contributed by atoms with E-state index in [0.29, 0.717) is 0 Å².